The molecule has 0 spiro atoms. The van der Waals surface area contributed by atoms with Gasteiger partial charge >= 0.3 is 0 Å². The molecule has 0 amide bonds. The molecule has 0 saturated carbocycles. The van der Waals surface area contributed by atoms with E-state index in [2.05, 4.69) is 165 Å². The Bertz CT molecular complexity index is 2430. The largest absolute Gasteiger partial charge is 0.388 e. The molecule has 0 aliphatic rings. The number of hydrogen-bond donors (Lipinski definition) is 1. The summed E-state index contributed by atoms with van der Waals surface area (Å²) in [7, 11) is 1.93. The van der Waals surface area contributed by atoms with E-state index in [9.17, 15) is 5.26 Å². The Kier molecular flexibility index (Phi) is 15.2. The van der Waals surface area contributed by atoms with Gasteiger partial charge in [-0.25, -0.2) is 0 Å². The molecule has 55 heavy (non-hydrogen) atoms. The SMILES string of the molecule is C=C(C)c1ccccc1.CC.CC.CNc1ccc2c(c1)c1cc(C#N)ccc1n2-c1ccc(-c2cccc(C(/C=C(\C)c3ccccc3)=C(C)C)c2)cc1. The lowest BCUT2D eigenvalue weighted by Crippen LogP contribution is -1.94. The number of nitriles is 1. The molecule has 1 aromatic heterocycles. The Hall–Kier alpha value is -6.37. The molecule has 0 radical (unpaired) electrons. The minimum atomic E-state index is 0.663. The summed E-state index contributed by atoms with van der Waals surface area (Å²) in [6.45, 7) is 20.4. The van der Waals surface area contributed by atoms with Crippen LogP contribution in [0.3, 0.4) is 0 Å². The van der Waals surface area contributed by atoms with E-state index in [0.717, 1.165) is 38.8 Å². The minimum Gasteiger partial charge on any atom is -0.388 e. The first kappa shape index (κ1) is 41.4. The number of rotatable bonds is 7. The van der Waals surface area contributed by atoms with Crippen molar-refractivity contribution in [2.24, 2.45) is 0 Å². The number of aromatic nitrogens is 1. The van der Waals surface area contributed by atoms with Crippen molar-refractivity contribution in [1.82, 2.24) is 4.57 Å². The van der Waals surface area contributed by atoms with Gasteiger partial charge in [-0.05, 0) is 121 Å². The molecular weight excluding hydrogens is 667 g/mol. The van der Waals surface area contributed by atoms with E-state index in [1.54, 1.807) is 0 Å². The van der Waals surface area contributed by atoms with Gasteiger partial charge in [-0.15, -0.1) is 0 Å². The number of allylic oxidation sites excluding steroid dienone is 5. The summed E-state index contributed by atoms with van der Waals surface area (Å²) in [5.41, 5.74) is 15.9. The number of fused-ring (bicyclic) bond motifs is 3. The molecule has 0 saturated heterocycles. The fourth-order valence-corrected chi connectivity index (χ4v) is 6.44. The van der Waals surface area contributed by atoms with Gasteiger partial charge in [0.1, 0.15) is 0 Å². The van der Waals surface area contributed by atoms with E-state index in [4.69, 9.17) is 0 Å². The Balaban J connectivity index is 0.000000446. The van der Waals surface area contributed by atoms with Crippen LogP contribution in [0.5, 0.6) is 0 Å². The molecule has 3 heteroatoms. The monoisotopic (exact) mass is 721 g/mol. The summed E-state index contributed by atoms with van der Waals surface area (Å²) in [6.07, 6.45) is 2.30. The quantitative estimate of drug-likeness (QED) is 0.167. The summed E-state index contributed by atoms with van der Waals surface area (Å²) in [5, 5.41) is 15.0. The zero-order chi connectivity index (χ0) is 39.9. The third-order valence-corrected chi connectivity index (χ3v) is 9.21. The van der Waals surface area contributed by atoms with Gasteiger partial charge in [0, 0.05) is 29.2 Å². The van der Waals surface area contributed by atoms with Crippen LogP contribution in [0.1, 0.15) is 77.6 Å². The highest BCUT2D eigenvalue weighted by molar-refractivity contribution is 6.10. The van der Waals surface area contributed by atoms with Gasteiger partial charge in [-0.2, -0.15) is 5.26 Å². The van der Waals surface area contributed by atoms with Crippen molar-refractivity contribution >= 4 is 44.2 Å². The van der Waals surface area contributed by atoms with Gasteiger partial charge in [0.15, 0.2) is 0 Å². The van der Waals surface area contributed by atoms with E-state index < -0.39 is 0 Å². The Morgan fingerprint density at radius 2 is 1.16 bits per heavy atom. The average Bonchev–Trinajstić information content (AvgIpc) is 3.57. The second-order valence-electron chi connectivity index (χ2n) is 13.0. The molecule has 0 bridgehead atoms. The molecule has 7 rings (SSSR count). The van der Waals surface area contributed by atoms with Gasteiger partial charge in [0.25, 0.3) is 0 Å². The van der Waals surface area contributed by atoms with E-state index in [0.29, 0.717) is 5.56 Å². The standard InChI is InChI=1S/C39H33N3.C9H10.2C2H6/c1-26(2)35(21-27(3)29-9-6-5-7-10-29)32-12-8-11-31(23-32)30-14-17-34(18-15-30)42-38-19-13-28(25-40)22-36(38)37-24-33(41-4)16-20-39(37)42;1-8(2)9-6-4-3-5-7-9;2*1-2/h5-24,41H,1-4H3;3-7H,1H2,2H3;2*1-2H3/b27-21+;;;. The molecule has 7 aromatic rings. The number of nitrogens with one attached hydrogen (secondary N) is 1. The molecule has 0 atom stereocenters. The smallest absolute Gasteiger partial charge is 0.0991 e. The van der Waals surface area contributed by atoms with Crippen molar-refractivity contribution in [3.63, 3.8) is 0 Å². The summed E-state index contributed by atoms with van der Waals surface area (Å²) in [5.74, 6) is 0. The van der Waals surface area contributed by atoms with Crippen molar-refractivity contribution < 1.29 is 0 Å². The molecule has 1 heterocycles. The van der Waals surface area contributed by atoms with Crippen molar-refractivity contribution in [2.75, 3.05) is 12.4 Å². The maximum atomic E-state index is 9.54. The highest BCUT2D eigenvalue weighted by atomic mass is 15.0. The van der Waals surface area contributed by atoms with Gasteiger partial charge in [0.05, 0.1) is 22.7 Å². The molecular formula is C52H55N3. The predicted molar refractivity (Wildman–Crippen MR) is 243 cm³/mol. The van der Waals surface area contributed by atoms with Crippen LogP contribution in [0.2, 0.25) is 0 Å². The third-order valence-electron chi connectivity index (χ3n) is 9.21. The first-order chi connectivity index (χ1) is 26.8. The molecule has 278 valence electrons. The number of benzene rings is 6. The van der Waals surface area contributed by atoms with Crippen LogP contribution >= 0.6 is 0 Å². The van der Waals surface area contributed by atoms with Crippen molar-refractivity contribution in [3.8, 4) is 22.9 Å². The Morgan fingerprint density at radius 1 is 0.600 bits per heavy atom. The van der Waals surface area contributed by atoms with E-state index >= 15 is 0 Å². The molecule has 0 aliphatic carbocycles. The third kappa shape index (κ3) is 9.99. The fourth-order valence-electron chi connectivity index (χ4n) is 6.44. The van der Waals surface area contributed by atoms with Crippen LogP contribution in [-0.4, -0.2) is 11.6 Å². The lowest BCUT2D eigenvalue weighted by atomic mass is 9.94. The predicted octanol–water partition coefficient (Wildman–Crippen LogP) is 15.0. The maximum absolute atomic E-state index is 9.54. The first-order valence-electron chi connectivity index (χ1n) is 19.3. The second kappa shape index (κ2) is 20.2. The zero-order valence-corrected chi connectivity index (χ0v) is 34.0. The van der Waals surface area contributed by atoms with Crippen LogP contribution < -0.4 is 5.32 Å². The molecule has 0 unspecified atom stereocenters. The molecule has 6 aromatic carbocycles. The average molecular weight is 722 g/mol. The molecule has 0 fully saturated rings. The van der Waals surface area contributed by atoms with E-state index in [1.165, 1.54) is 44.5 Å². The Morgan fingerprint density at radius 3 is 1.71 bits per heavy atom. The first-order valence-corrected chi connectivity index (χ1v) is 19.3. The summed E-state index contributed by atoms with van der Waals surface area (Å²) in [4.78, 5) is 0. The fraction of sp³-hybridized carbons (Fsp3) is 0.173. The maximum Gasteiger partial charge on any atom is 0.0991 e. The van der Waals surface area contributed by atoms with Gasteiger partial charge in [0.2, 0.25) is 0 Å². The minimum absolute atomic E-state index is 0.663. The summed E-state index contributed by atoms with van der Waals surface area (Å²) < 4.78 is 2.28. The molecule has 1 N–H and O–H groups in total. The topological polar surface area (TPSA) is 40.8 Å². The zero-order valence-electron chi connectivity index (χ0n) is 34.0. The van der Waals surface area contributed by atoms with Gasteiger partial charge in [-0.3, -0.25) is 0 Å². The van der Waals surface area contributed by atoms with Crippen LogP contribution in [0.4, 0.5) is 5.69 Å². The van der Waals surface area contributed by atoms with Crippen LogP contribution in [-0.2, 0) is 0 Å². The molecule has 0 aliphatic heterocycles. The van der Waals surface area contributed by atoms with Crippen LogP contribution in [0.25, 0.3) is 55.3 Å². The van der Waals surface area contributed by atoms with Crippen molar-refractivity contribution in [2.45, 2.75) is 55.4 Å². The highest BCUT2D eigenvalue weighted by Gasteiger charge is 2.14. The lowest BCUT2D eigenvalue weighted by Gasteiger charge is -2.12. The van der Waals surface area contributed by atoms with Gasteiger partial charge < -0.3 is 9.88 Å². The summed E-state index contributed by atoms with van der Waals surface area (Å²) >= 11 is 0. The normalized spacial score (nSPS) is 10.4. The van der Waals surface area contributed by atoms with Crippen LogP contribution in [0.15, 0.2) is 164 Å². The van der Waals surface area contributed by atoms with Crippen molar-refractivity contribution in [1.29, 1.82) is 5.26 Å². The van der Waals surface area contributed by atoms with Gasteiger partial charge in [-0.1, -0.05) is 142 Å². The number of nitrogens with zero attached hydrogens (tertiary/aromatic N) is 2. The van der Waals surface area contributed by atoms with Crippen LogP contribution in [0, 0.1) is 11.3 Å². The Labute approximate surface area is 329 Å². The lowest BCUT2D eigenvalue weighted by molar-refractivity contribution is 1.18. The van der Waals surface area contributed by atoms with Crippen molar-refractivity contribution in [3.05, 3.63) is 186 Å². The number of hydrogen-bond acceptors (Lipinski definition) is 2. The number of anilines is 1. The summed E-state index contributed by atoms with van der Waals surface area (Å²) in [6, 6.07) is 52.9. The molecule has 3 nitrogen and oxygen atoms in total. The highest BCUT2D eigenvalue weighted by Crippen LogP contribution is 2.35. The second-order valence-corrected chi connectivity index (χ2v) is 13.0. The van der Waals surface area contributed by atoms with E-state index in [-0.39, 0.29) is 0 Å². The van der Waals surface area contributed by atoms with E-state index in [1.807, 2.05) is 72.0 Å².